The highest BCUT2D eigenvalue weighted by Gasteiger charge is 2.24. The fourth-order valence-corrected chi connectivity index (χ4v) is 3.75. The standard InChI is InChI=1S/C17H22O/c1-2-3-12-4-8-16-13(10-12)5-6-14-11-15(18)7-9-17(14)16/h5-6,12H,2-4,7-11H2,1H3. The van der Waals surface area contributed by atoms with E-state index in [4.69, 9.17) is 0 Å². The van der Waals surface area contributed by atoms with Gasteiger partial charge in [-0.25, -0.2) is 0 Å². The molecule has 1 unspecified atom stereocenters. The fraction of sp³-hybridized carbons (Fsp3) is 0.588. The minimum absolute atomic E-state index is 0.419. The monoisotopic (exact) mass is 242 g/mol. The molecule has 18 heavy (non-hydrogen) atoms. The zero-order valence-corrected chi connectivity index (χ0v) is 11.3. The summed E-state index contributed by atoms with van der Waals surface area (Å²) in [5, 5.41) is 0. The summed E-state index contributed by atoms with van der Waals surface area (Å²) in [5.74, 6) is 1.31. The Morgan fingerprint density at radius 1 is 1.11 bits per heavy atom. The van der Waals surface area contributed by atoms with Crippen molar-refractivity contribution in [3.63, 3.8) is 0 Å². The van der Waals surface area contributed by atoms with Gasteiger partial charge in [-0.2, -0.15) is 0 Å². The summed E-state index contributed by atoms with van der Waals surface area (Å²) >= 11 is 0. The quantitative estimate of drug-likeness (QED) is 0.773. The first-order chi connectivity index (χ1) is 8.78. The SMILES string of the molecule is CCCC1CCc2c(ccc3c2CCC(=O)C3)C1. The molecule has 0 fully saturated rings. The maximum atomic E-state index is 11.5. The van der Waals surface area contributed by atoms with E-state index in [1.807, 2.05) is 0 Å². The van der Waals surface area contributed by atoms with Crippen LogP contribution in [0.4, 0.5) is 0 Å². The number of benzene rings is 1. The molecule has 2 aliphatic rings. The molecule has 0 bridgehead atoms. The summed E-state index contributed by atoms with van der Waals surface area (Å²) in [6.07, 6.45) is 8.99. The first-order valence-electron chi connectivity index (χ1n) is 7.42. The van der Waals surface area contributed by atoms with E-state index in [1.54, 1.807) is 11.1 Å². The number of hydrogen-bond donors (Lipinski definition) is 0. The van der Waals surface area contributed by atoms with Gasteiger partial charge in [-0.1, -0.05) is 31.9 Å². The van der Waals surface area contributed by atoms with Crippen molar-refractivity contribution in [3.05, 3.63) is 34.4 Å². The number of Topliss-reactive ketones (excluding diaryl/α,β-unsaturated/α-hetero) is 1. The summed E-state index contributed by atoms with van der Waals surface area (Å²) in [4.78, 5) is 11.5. The van der Waals surface area contributed by atoms with E-state index in [9.17, 15) is 4.79 Å². The number of ketones is 1. The predicted molar refractivity (Wildman–Crippen MR) is 73.9 cm³/mol. The second-order valence-electron chi connectivity index (χ2n) is 5.95. The Balaban J connectivity index is 1.90. The highest BCUT2D eigenvalue weighted by molar-refractivity contribution is 5.83. The molecule has 2 aliphatic carbocycles. The summed E-state index contributed by atoms with van der Waals surface area (Å²) in [6.45, 7) is 2.29. The van der Waals surface area contributed by atoms with Crippen LogP contribution in [0.2, 0.25) is 0 Å². The molecule has 1 aromatic rings. The van der Waals surface area contributed by atoms with Crippen LogP contribution >= 0.6 is 0 Å². The molecule has 0 aromatic heterocycles. The number of carbonyl (C=O) groups excluding carboxylic acids is 1. The van der Waals surface area contributed by atoms with E-state index in [1.165, 1.54) is 43.2 Å². The molecule has 0 heterocycles. The largest absolute Gasteiger partial charge is 0.299 e. The van der Waals surface area contributed by atoms with Crippen molar-refractivity contribution < 1.29 is 4.79 Å². The molecule has 0 radical (unpaired) electrons. The number of carbonyl (C=O) groups is 1. The number of hydrogen-bond acceptors (Lipinski definition) is 1. The van der Waals surface area contributed by atoms with Crippen LogP contribution in [0.25, 0.3) is 0 Å². The van der Waals surface area contributed by atoms with Crippen molar-refractivity contribution in [2.75, 3.05) is 0 Å². The molecule has 0 N–H and O–H groups in total. The zero-order chi connectivity index (χ0) is 12.5. The summed E-state index contributed by atoms with van der Waals surface area (Å²) < 4.78 is 0. The third-order valence-corrected chi connectivity index (χ3v) is 4.67. The Morgan fingerprint density at radius 3 is 2.72 bits per heavy atom. The molecule has 3 rings (SSSR count). The molecular formula is C17H22O. The van der Waals surface area contributed by atoms with Gasteiger partial charge in [0.15, 0.2) is 0 Å². The van der Waals surface area contributed by atoms with Gasteiger partial charge in [0.25, 0.3) is 0 Å². The van der Waals surface area contributed by atoms with Crippen LogP contribution in [0, 0.1) is 5.92 Å². The first kappa shape index (κ1) is 12.0. The topological polar surface area (TPSA) is 17.1 Å². The Morgan fingerprint density at radius 2 is 1.89 bits per heavy atom. The number of fused-ring (bicyclic) bond motifs is 3. The lowest BCUT2D eigenvalue weighted by Gasteiger charge is -2.29. The molecule has 0 saturated carbocycles. The Hall–Kier alpha value is -1.11. The average molecular weight is 242 g/mol. The second kappa shape index (κ2) is 4.87. The summed E-state index contributed by atoms with van der Waals surface area (Å²) in [6, 6.07) is 4.52. The highest BCUT2D eigenvalue weighted by Crippen LogP contribution is 2.34. The Kier molecular flexibility index (Phi) is 3.23. The van der Waals surface area contributed by atoms with E-state index in [0.717, 1.165) is 18.8 Å². The van der Waals surface area contributed by atoms with Crippen molar-refractivity contribution in [3.8, 4) is 0 Å². The van der Waals surface area contributed by atoms with E-state index in [2.05, 4.69) is 19.1 Å². The van der Waals surface area contributed by atoms with Crippen molar-refractivity contribution >= 4 is 5.78 Å². The molecule has 1 heteroatoms. The molecule has 1 aromatic carbocycles. The fourth-order valence-electron chi connectivity index (χ4n) is 3.75. The third-order valence-electron chi connectivity index (χ3n) is 4.67. The average Bonchev–Trinajstić information content (AvgIpc) is 2.38. The maximum absolute atomic E-state index is 11.5. The van der Waals surface area contributed by atoms with Gasteiger partial charge in [-0.3, -0.25) is 4.79 Å². The molecular weight excluding hydrogens is 220 g/mol. The van der Waals surface area contributed by atoms with Crippen molar-refractivity contribution in [1.82, 2.24) is 0 Å². The van der Waals surface area contributed by atoms with Gasteiger partial charge in [0, 0.05) is 12.8 Å². The zero-order valence-electron chi connectivity index (χ0n) is 11.3. The van der Waals surface area contributed by atoms with Gasteiger partial charge in [-0.05, 0) is 53.9 Å². The Bertz CT molecular complexity index is 473. The van der Waals surface area contributed by atoms with Gasteiger partial charge in [0.1, 0.15) is 5.78 Å². The highest BCUT2D eigenvalue weighted by atomic mass is 16.1. The molecule has 1 nitrogen and oxygen atoms in total. The van der Waals surface area contributed by atoms with Gasteiger partial charge >= 0.3 is 0 Å². The van der Waals surface area contributed by atoms with Crippen LogP contribution in [0.1, 0.15) is 54.9 Å². The van der Waals surface area contributed by atoms with Crippen molar-refractivity contribution in [1.29, 1.82) is 0 Å². The van der Waals surface area contributed by atoms with Gasteiger partial charge in [0.2, 0.25) is 0 Å². The molecule has 1 atom stereocenters. The first-order valence-corrected chi connectivity index (χ1v) is 7.42. The molecule has 0 spiro atoms. The van der Waals surface area contributed by atoms with E-state index in [-0.39, 0.29) is 0 Å². The lowest BCUT2D eigenvalue weighted by Crippen LogP contribution is -2.21. The van der Waals surface area contributed by atoms with Crippen LogP contribution in [-0.4, -0.2) is 5.78 Å². The lowest BCUT2D eigenvalue weighted by molar-refractivity contribution is -0.118. The molecule has 96 valence electrons. The molecule has 0 aliphatic heterocycles. The van der Waals surface area contributed by atoms with Crippen molar-refractivity contribution in [2.24, 2.45) is 5.92 Å². The normalized spacial score (nSPS) is 22.5. The van der Waals surface area contributed by atoms with Crippen LogP contribution in [0.5, 0.6) is 0 Å². The predicted octanol–water partition coefficient (Wildman–Crippen LogP) is 3.65. The van der Waals surface area contributed by atoms with E-state index < -0.39 is 0 Å². The maximum Gasteiger partial charge on any atom is 0.137 e. The molecule has 0 amide bonds. The third kappa shape index (κ3) is 2.11. The van der Waals surface area contributed by atoms with Gasteiger partial charge in [0.05, 0.1) is 0 Å². The summed E-state index contributed by atoms with van der Waals surface area (Å²) in [5.41, 5.74) is 6.03. The van der Waals surface area contributed by atoms with Crippen LogP contribution in [0.3, 0.4) is 0 Å². The van der Waals surface area contributed by atoms with Crippen molar-refractivity contribution in [2.45, 2.75) is 58.3 Å². The molecule has 0 saturated heterocycles. The lowest BCUT2D eigenvalue weighted by atomic mass is 9.76. The van der Waals surface area contributed by atoms with E-state index >= 15 is 0 Å². The van der Waals surface area contributed by atoms with Gasteiger partial charge < -0.3 is 0 Å². The van der Waals surface area contributed by atoms with Gasteiger partial charge in [-0.15, -0.1) is 0 Å². The van der Waals surface area contributed by atoms with Crippen LogP contribution < -0.4 is 0 Å². The second-order valence-corrected chi connectivity index (χ2v) is 5.95. The number of rotatable bonds is 2. The summed E-state index contributed by atoms with van der Waals surface area (Å²) in [7, 11) is 0. The smallest absolute Gasteiger partial charge is 0.137 e. The van der Waals surface area contributed by atoms with E-state index in [0.29, 0.717) is 12.2 Å². The minimum atomic E-state index is 0.419. The van der Waals surface area contributed by atoms with Crippen LogP contribution in [-0.2, 0) is 30.5 Å². The Labute approximate surface area is 110 Å². The minimum Gasteiger partial charge on any atom is -0.299 e. The van der Waals surface area contributed by atoms with Crippen LogP contribution in [0.15, 0.2) is 12.1 Å².